The quantitative estimate of drug-likeness (QED) is 0.436. The molecular weight excluding hydrogens is 405 g/mol. The lowest BCUT2D eigenvalue weighted by Gasteiger charge is -1.58. The predicted octanol–water partition coefficient (Wildman–Crippen LogP) is 4.81. The van der Waals surface area contributed by atoms with Gasteiger partial charge in [-0.15, -0.1) is 108 Å². The zero-order chi connectivity index (χ0) is 12.2. The maximum absolute atomic E-state index is 3.46. The molecule has 0 aromatic rings. The van der Waals surface area contributed by atoms with Gasteiger partial charge in [0.15, 0.2) is 0 Å². The monoisotopic (exact) mass is 428 g/mol. The van der Waals surface area contributed by atoms with Gasteiger partial charge >= 0.3 is 0 Å². The largest absolute Gasteiger partial charge is 0.147 e. The van der Waals surface area contributed by atoms with Crippen LogP contribution in [0, 0.1) is 0 Å². The van der Waals surface area contributed by atoms with Crippen molar-refractivity contribution >= 4 is 127 Å². The molecule has 19 heavy (non-hydrogen) atoms. The zero-order valence-corrected chi connectivity index (χ0v) is 20.4. The Labute approximate surface area is 185 Å². The van der Waals surface area contributed by atoms with E-state index in [2.05, 4.69) is 92.2 Å². The summed E-state index contributed by atoms with van der Waals surface area (Å²) in [6, 6.07) is 0. The van der Waals surface area contributed by atoms with Gasteiger partial charge in [0.1, 0.15) is 65.2 Å². The van der Waals surface area contributed by atoms with E-state index in [9.17, 15) is 0 Å². The fraction of sp³-hybridized carbons (Fsp3) is 0.600. The molecule has 0 unspecified atom stereocenters. The first-order chi connectivity index (χ1) is 6.66. The molecule has 0 amide bonds. The molecule has 0 nitrogen and oxygen atoms in total. The van der Waals surface area contributed by atoms with E-state index < -0.39 is 0 Å². The molecule has 0 bridgehead atoms. The van der Waals surface area contributed by atoms with Crippen molar-refractivity contribution in [2.75, 3.05) is 0 Å². The Morgan fingerprint density at radius 1 is 0.632 bits per heavy atom. The summed E-state index contributed by atoms with van der Waals surface area (Å²) in [5.41, 5.74) is 0. The van der Waals surface area contributed by atoms with E-state index in [1.54, 1.807) is 0 Å². The van der Waals surface area contributed by atoms with E-state index in [4.69, 9.17) is 0 Å². The first-order valence-corrected chi connectivity index (χ1v) is 7.95. The lowest BCUT2D eigenvalue weighted by molar-refractivity contribution is 1.48. The van der Waals surface area contributed by atoms with E-state index in [1.165, 1.54) is 10.6 Å². The summed E-state index contributed by atoms with van der Waals surface area (Å²) >= 11 is 10.2. The molecular formula is C10H25Al4Cl5. The van der Waals surface area contributed by atoms with Gasteiger partial charge in [0.05, 0.1) is 0 Å². The lowest BCUT2D eigenvalue weighted by atomic mass is 10.8. The fourth-order valence-electron chi connectivity index (χ4n) is 0. The third-order valence-corrected chi connectivity index (χ3v) is 1.00. The maximum atomic E-state index is 3.46. The van der Waals surface area contributed by atoms with Crippen LogP contribution in [0.5, 0.6) is 0 Å². The number of hydrogen-bond donors (Lipinski definition) is 0. The molecule has 0 saturated carbocycles. The molecule has 0 fully saturated rings. The summed E-state index contributed by atoms with van der Waals surface area (Å²) in [5, 5.41) is 4.33. The highest BCUT2D eigenvalue weighted by molar-refractivity contribution is 6.09. The summed E-state index contributed by atoms with van der Waals surface area (Å²) < 4.78 is 0. The summed E-state index contributed by atoms with van der Waals surface area (Å²) in [7, 11) is 0. The Kier molecular flexibility index (Phi) is 312. The highest BCUT2D eigenvalue weighted by atomic mass is 35.5. The third-order valence-electron chi connectivity index (χ3n) is 0.333. The molecule has 0 N–H and O–H groups in total. The van der Waals surface area contributed by atoms with Gasteiger partial charge in [-0.3, -0.25) is 0 Å². The zero-order valence-electron chi connectivity index (χ0n) is 11.7. The number of halogens is 5. The Balaban J connectivity index is -0.00000000929. The van der Waals surface area contributed by atoms with Gasteiger partial charge in [-0.05, 0) is 0 Å². The van der Waals surface area contributed by atoms with Crippen molar-refractivity contribution < 1.29 is 0 Å². The SMILES string of the molecule is C=C[CH2][Al].C=C[CH2][Al].C[CH2][Al].C[CH2][Al].Cl.Cl.Cl.Cl.Cl. The minimum atomic E-state index is 0. The van der Waals surface area contributed by atoms with E-state index in [0.29, 0.717) is 0 Å². The molecule has 0 heterocycles. The maximum Gasteiger partial charge on any atom is 0.124 e. The van der Waals surface area contributed by atoms with E-state index in [-0.39, 0.29) is 62.0 Å². The molecule has 0 aliphatic heterocycles. The van der Waals surface area contributed by atoms with Crippen molar-refractivity contribution in [1.29, 1.82) is 0 Å². The van der Waals surface area contributed by atoms with Crippen LogP contribution in [0.25, 0.3) is 0 Å². The summed E-state index contributed by atoms with van der Waals surface area (Å²) in [5.74, 6) is 0. The second-order valence-electron chi connectivity index (χ2n) is 1.87. The predicted molar refractivity (Wildman–Crippen MR) is 110 cm³/mol. The Hall–Kier alpha value is 3.06. The van der Waals surface area contributed by atoms with Gasteiger partial charge in [-0.2, -0.15) is 0 Å². The molecule has 0 rings (SSSR count). The minimum Gasteiger partial charge on any atom is -0.147 e. The van der Waals surface area contributed by atoms with Crippen molar-refractivity contribution in [3.63, 3.8) is 0 Å². The molecule has 112 valence electrons. The molecule has 9 heteroatoms. The first kappa shape index (κ1) is 57.4. The van der Waals surface area contributed by atoms with Crippen LogP contribution < -0.4 is 0 Å². The van der Waals surface area contributed by atoms with Crippen LogP contribution >= 0.6 is 62.0 Å². The van der Waals surface area contributed by atoms with Gasteiger partial charge in [0, 0.05) is 0 Å². The van der Waals surface area contributed by atoms with Crippen molar-refractivity contribution in [2.24, 2.45) is 0 Å². The van der Waals surface area contributed by atoms with Crippen molar-refractivity contribution in [2.45, 2.75) is 35.0 Å². The first-order valence-electron chi connectivity index (χ1n) is 4.68. The minimum absolute atomic E-state index is 0. The van der Waals surface area contributed by atoms with Crippen molar-refractivity contribution in [1.82, 2.24) is 0 Å². The average Bonchev–Trinajstić information content (AvgIpc) is 2.20. The van der Waals surface area contributed by atoms with E-state index in [1.807, 2.05) is 12.2 Å². The van der Waals surface area contributed by atoms with E-state index >= 15 is 0 Å². The molecule has 0 atom stereocenters. The molecule has 0 aromatic carbocycles. The molecule has 8 radical (unpaired) electrons. The standard InChI is InChI=1S/2C3H5.2C2H5.4Al.5ClH/c2*1-3-2;2*1-2;;;;;;;;;/h2*3H,1-2H2;2*1H2,2H3;;;;;5*1H. The second-order valence-corrected chi connectivity index (χ2v) is 4.44. The Bertz CT molecular complexity index is 80.3. The molecule has 0 aliphatic carbocycles. The average molecular weight is 431 g/mol. The number of hydrogen-bond acceptors (Lipinski definition) is 0. The van der Waals surface area contributed by atoms with Gasteiger partial charge in [-0.1, -0.05) is 13.8 Å². The fourth-order valence-corrected chi connectivity index (χ4v) is 0. The molecule has 0 aromatic heterocycles. The smallest absolute Gasteiger partial charge is 0.124 e. The van der Waals surface area contributed by atoms with Crippen LogP contribution in [-0.4, -0.2) is 65.2 Å². The van der Waals surface area contributed by atoms with Crippen LogP contribution in [0.4, 0.5) is 0 Å². The highest BCUT2D eigenvalue weighted by Crippen LogP contribution is 1.62. The summed E-state index contributed by atoms with van der Waals surface area (Å²) in [6.45, 7) is 11.1. The van der Waals surface area contributed by atoms with Gasteiger partial charge in [0.25, 0.3) is 0 Å². The Morgan fingerprint density at radius 3 is 0.684 bits per heavy atom. The topological polar surface area (TPSA) is 0 Å². The molecule has 0 aliphatic rings. The summed E-state index contributed by atoms with van der Waals surface area (Å²) in [4.78, 5) is 0. The highest BCUT2D eigenvalue weighted by Gasteiger charge is 1.46. The van der Waals surface area contributed by atoms with Crippen LogP contribution in [-0.2, 0) is 0 Å². The van der Waals surface area contributed by atoms with Gasteiger partial charge < -0.3 is 0 Å². The second kappa shape index (κ2) is 103. The van der Waals surface area contributed by atoms with Crippen LogP contribution in [0.3, 0.4) is 0 Å². The van der Waals surface area contributed by atoms with Crippen LogP contribution in [0.15, 0.2) is 25.3 Å². The van der Waals surface area contributed by atoms with Crippen LogP contribution in [0.1, 0.15) is 13.8 Å². The van der Waals surface area contributed by atoms with Crippen molar-refractivity contribution in [3.05, 3.63) is 25.3 Å². The third kappa shape index (κ3) is 299. The van der Waals surface area contributed by atoms with E-state index in [0.717, 1.165) is 10.6 Å². The number of rotatable bonds is 2. The lowest BCUT2D eigenvalue weighted by Crippen LogP contribution is -1.47. The van der Waals surface area contributed by atoms with Gasteiger partial charge in [0.2, 0.25) is 0 Å². The van der Waals surface area contributed by atoms with Crippen molar-refractivity contribution in [3.8, 4) is 0 Å². The number of allylic oxidation sites excluding steroid dienone is 2. The molecule has 0 spiro atoms. The molecule has 0 saturated heterocycles. The normalized spacial score (nSPS) is 4.32. The summed E-state index contributed by atoms with van der Waals surface area (Å²) in [6.07, 6.45) is 3.68. The van der Waals surface area contributed by atoms with Crippen LogP contribution in [0.2, 0.25) is 21.1 Å². The Morgan fingerprint density at radius 2 is 0.684 bits per heavy atom. The van der Waals surface area contributed by atoms with Gasteiger partial charge in [-0.25, -0.2) is 0 Å².